The number of hydrogen-bond donors (Lipinski definition) is 2. The zero-order valence-corrected chi connectivity index (χ0v) is 13.2. The molecule has 7 heteroatoms. The molecule has 0 saturated carbocycles. The van der Waals surface area contributed by atoms with Crippen molar-refractivity contribution in [2.24, 2.45) is 0 Å². The third-order valence-electron chi connectivity index (χ3n) is 3.70. The number of carboxylic acid groups (broad SMARTS) is 1. The molecule has 0 amide bonds. The van der Waals surface area contributed by atoms with E-state index in [-0.39, 0.29) is 11.7 Å². The molecule has 0 saturated heterocycles. The van der Waals surface area contributed by atoms with E-state index < -0.39 is 12.4 Å². The molecule has 2 unspecified atom stereocenters. The number of ether oxygens (including phenoxy) is 1. The van der Waals surface area contributed by atoms with Crippen molar-refractivity contribution in [3.8, 4) is 0 Å². The van der Waals surface area contributed by atoms with E-state index in [9.17, 15) is 9.18 Å². The monoisotopic (exact) mass is 355 g/mol. The zero-order valence-electron chi connectivity index (χ0n) is 11.7. The quantitative estimate of drug-likeness (QED) is 0.735. The Balaban J connectivity index is 2.09. The van der Waals surface area contributed by atoms with Crippen LogP contribution in [0.5, 0.6) is 0 Å². The smallest absolute Gasteiger partial charge is 0.450 e. The summed E-state index contributed by atoms with van der Waals surface area (Å²) in [5.41, 5.74) is 2.01. The maximum Gasteiger partial charge on any atom is 0.507 e. The number of benzene rings is 2. The van der Waals surface area contributed by atoms with E-state index in [0.29, 0.717) is 27.7 Å². The van der Waals surface area contributed by atoms with E-state index in [1.807, 2.05) is 0 Å². The summed E-state index contributed by atoms with van der Waals surface area (Å²) in [4.78, 5) is 10.8. The largest absolute Gasteiger partial charge is 0.507 e. The van der Waals surface area contributed by atoms with Crippen molar-refractivity contribution in [1.82, 2.24) is 0 Å². The van der Waals surface area contributed by atoms with Gasteiger partial charge in [0.15, 0.2) is 6.23 Å². The van der Waals surface area contributed by atoms with Crippen molar-refractivity contribution in [2.75, 3.05) is 5.32 Å². The van der Waals surface area contributed by atoms with Crippen LogP contribution >= 0.6 is 23.2 Å². The van der Waals surface area contributed by atoms with Crippen molar-refractivity contribution in [3.05, 3.63) is 63.4 Å². The highest BCUT2D eigenvalue weighted by Crippen LogP contribution is 2.44. The first-order chi connectivity index (χ1) is 10.9. The van der Waals surface area contributed by atoms with Gasteiger partial charge in [0, 0.05) is 33.6 Å². The summed E-state index contributed by atoms with van der Waals surface area (Å²) < 4.78 is 18.4. The first-order valence-corrected chi connectivity index (χ1v) is 7.60. The molecule has 0 aromatic heterocycles. The van der Waals surface area contributed by atoms with Crippen LogP contribution in [0.15, 0.2) is 36.4 Å². The Morgan fingerprint density at radius 3 is 2.78 bits per heavy atom. The lowest BCUT2D eigenvalue weighted by Crippen LogP contribution is -2.32. The van der Waals surface area contributed by atoms with Gasteiger partial charge in [-0.2, -0.15) is 0 Å². The third kappa shape index (κ3) is 3.35. The second kappa shape index (κ2) is 6.26. The highest BCUT2D eigenvalue weighted by atomic mass is 35.5. The van der Waals surface area contributed by atoms with Crippen LogP contribution in [0.3, 0.4) is 0 Å². The molecule has 0 fully saturated rings. The van der Waals surface area contributed by atoms with Gasteiger partial charge in [-0.25, -0.2) is 9.18 Å². The summed E-state index contributed by atoms with van der Waals surface area (Å²) >= 11 is 12.3. The molecule has 2 aromatic rings. The molecule has 0 bridgehead atoms. The molecule has 2 N–H and O–H groups in total. The van der Waals surface area contributed by atoms with Crippen LogP contribution in [0.2, 0.25) is 10.0 Å². The van der Waals surface area contributed by atoms with Crippen LogP contribution in [-0.4, -0.2) is 17.5 Å². The number of fused-ring (bicyclic) bond motifs is 1. The Kier molecular flexibility index (Phi) is 4.33. The van der Waals surface area contributed by atoms with Crippen LogP contribution in [0, 0.1) is 5.82 Å². The van der Waals surface area contributed by atoms with Gasteiger partial charge in [-0.15, -0.1) is 0 Å². The van der Waals surface area contributed by atoms with Gasteiger partial charge in [0.05, 0.1) is 0 Å². The Morgan fingerprint density at radius 2 is 2.09 bits per heavy atom. The van der Waals surface area contributed by atoms with Gasteiger partial charge >= 0.3 is 6.16 Å². The Morgan fingerprint density at radius 1 is 1.30 bits per heavy atom. The van der Waals surface area contributed by atoms with Gasteiger partial charge in [-0.1, -0.05) is 35.3 Å². The fraction of sp³-hybridized carbons (Fsp3) is 0.188. The topological polar surface area (TPSA) is 58.6 Å². The van der Waals surface area contributed by atoms with E-state index in [1.165, 1.54) is 12.1 Å². The second-order valence-corrected chi connectivity index (χ2v) is 6.05. The van der Waals surface area contributed by atoms with Crippen molar-refractivity contribution in [1.29, 1.82) is 0 Å². The molecule has 0 spiro atoms. The van der Waals surface area contributed by atoms with Crippen LogP contribution in [0.1, 0.15) is 23.5 Å². The van der Waals surface area contributed by atoms with Gasteiger partial charge < -0.3 is 15.2 Å². The molecule has 3 rings (SSSR count). The summed E-state index contributed by atoms with van der Waals surface area (Å²) in [5, 5.41) is 12.7. The van der Waals surface area contributed by atoms with Crippen molar-refractivity contribution < 1.29 is 19.0 Å². The third-order valence-corrected chi connectivity index (χ3v) is 4.23. The minimum Gasteiger partial charge on any atom is -0.450 e. The van der Waals surface area contributed by atoms with Crippen LogP contribution < -0.4 is 5.32 Å². The lowest BCUT2D eigenvalue weighted by molar-refractivity contribution is 0.0561. The van der Waals surface area contributed by atoms with E-state index >= 15 is 0 Å². The van der Waals surface area contributed by atoms with E-state index in [4.69, 9.17) is 33.0 Å². The number of nitrogens with one attached hydrogen (secondary N) is 1. The predicted octanol–water partition coefficient (Wildman–Crippen LogP) is 5.10. The fourth-order valence-electron chi connectivity index (χ4n) is 2.85. The molecule has 2 aromatic carbocycles. The first-order valence-electron chi connectivity index (χ1n) is 6.84. The minimum absolute atomic E-state index is 0.296. The molecular formula is C16H12Cl2FNO3. The maximum absolute atomic E-state index is 13.6. The lowest BCUT2D eigenvalue weighted by Gasteiger charge is -2.33. The average Bonchev–Trinajstić information content (AvgIpc) is 2.45. The van der Waals surface area contributed by atoms with Gasteiger partial charge in [-0.3, -0.25) is 0 Å². The standard InChI is InChI=1S/C16H12Cl2FNO3/c17-9-5-12(18)15-11(8-2-1-3-10(19)4-8)7-14(23-16(21)22)20-13(15)6-9/h1-6,11,14,20H,7H2,(H,21,22). The Hall–Kier alpha value is -1.98. The van der Waals surface area contributed by atoms with Crippen LogP contribution in [-0.2, 0) is 4.74 Å². The lowest BCUT2D eigenvalue weighted by atomic mass is 9.84. The van der Waals surface area contributed by atoms with E-state index in [1.54, 1.807) is 24.3 Å². The Labute approximate surface area is 141 Å². The molecule has 0 radical (unpaired) electrons. The molecule has 120 valence electrons. The summed E-state index contributed by atoms with van der Waals surface area (Å²) in [6.07, 6.45) is -1.87. The van der Waals surface area contributed by atoms with Crippen molar-refractivity contribution in [2.45, 2.75) is 18.6 Å². The van der Waals surface area contributed by atoms with Gasteiger partial charge in [0.1, 0.15) is 5.82 Å². The molecule has 0 aliphatic carbocycles. The number of halogens is 3. The van der Waals surface area contributed by atoms with Crippen molar-refractivity contribution >= 4 is 35.0 Å². The number of hydrogen-bond acceptors (Lipinski definition) is 3. The van der Waals surface area contributed by atoms with Crippen LogP contribution in [0.25, 0.3) is 0 Å². The van der Waals surface area contributed by atoms with Crippen molar-refractivity contribution in [3.63, 3.8) is 0 Å². The molecule has 1 aliphatic rings. The average molecular weight is 356 g/mol. The SMILES string of the molecule is O=C(O)OC1CC(c2cccc(F)c2)c2c(Cl)cc(Cl)cc2N1. The second-order valence-electron chi connectivity index (χ2n) is 5.21. The number of carbonyl (C=O) groups is 1. The summed E-state index contributed by atoms with van der Waals surface area (Å²) in [5.74, 6) is -0.681. The van der Waals surface area contributed by atoms with Crippen LogP contribution in [0.4, 0.5) is 14.9 Å². The highest BCUT2D eigenvalue weighted by Gasteiger charge is 2.32. The maximum atomic E-state index is 13.6. The molecule has 23 heavy (non-hydrogen) atoms. The normalized spacial score (nSPS) is 19.6. The summed E-state index contributed by atoms with van der Waals surface area (Å²) in [6, 6.07) is 9.37. The van der Waals surface area contributed by atoms with Gasteiger partial charge in [-0.05, 0) is 29.8 Å². The van der Waals surface area contributed by atoms with E-state index in [0.717, 1.165) is 5.56 Å². The first kappa shape index (κ1) is 15.9. The number of rotatable bonds is 2. The molecule has 4 nitrogen and oxygen atoms in total. The molecular weight excluding hydrogens is 344 g/mol. The minimum atomic E-state index is -1.39. The summed E-state index contributed by atoms with van der Waals surface area (Å²) in [7, 11) is 0. The molecule has 2 atom stereocenters. The summed E-state index contributed by atoms with van der Waals surface area (Å²) in [6.45, 7) is 0. The van der Waals surface area contributed by atoms with Gasteiger partial charge in [0.2, 0.25) is 0 Å². The Bertz CT molecular complexity index is 769. The fourth-order valence-corrected chi connectivity index (χ4v) is 3.47. The van der Waals surface area contributed by atoms with Gasteiger partial charge in [0.25, 0.3) is 0 Å². The zero-order chi connectivity index (χ0) is 16.6. The molecule has 1 aliphatic heterocycles. The van der Waals surface area contributed by atoms with E-state index in [2.05, 4.69) is 5.32 Å². The number of anilines is 1. The molecule has 1 heterocycles. The highest BCUT2D eigenvalue weighted by molar-refractivity contribution is 6.35. The predicted molar refractivity (Wildman–Crippen MR) is 85.8 cm³/mol.